The third kappa shape index (κ3) is 4.15. The van der Waals surface area contributed by atoms with E-state index in [1.807, 2.05) is 18.2 Å². The Morgan fingerprint density at radius 1 is 1.15 bits per heavy atom. The van der Waals surface area contributed by atoms with E-state index in [0.29, 0.717) is 10.9 Å². The summed E-state index contributed by atoms with van der Waals surface area (Å²) in [6.45, 7) is 5.82. The largest absolute Gasteiger partial charge is 0.355 e. The molecule has 0 spiro atoms. The Hall–Kier alpha value is -2.15. The van der Waals surface area contributed by atoms with Gasteiger partial charge in [0.1, 0.15) is 5.52 Å². The summed E-state index contributed by atoms with van der Waals surface area (Å²) in [7, 11) is 0. The molecule has 0 aliphatic heterocycles. The third-order valence-corrected chi connectivity index (χ3v) is 5.19. The molecule has 3 aromatic rings. The van der Waals surface area contributed by atoms with Gasteiger partial charge in [-0.1, -0.05) is 56.1 Å². The Morgan fingerprint density at radius 3 is 2.81 bits per heavy atom. The normalized spacial score (nSPS) is 11.3. The van der Waals surface area contributed by atoms with Crippen molar-refractivity contribution < 1.29 is 4.79 Å². The lowest BCUT2D eigenvalue weighted by Crippen LogP contribution is -2.26. The number of unbranched alkanes of at least 4 members (excludes halogenated alkanes) is 3. The molecule has 1 N–H and O–H groups in total. The van der Waals surface area contributed by atoms with E-state index >= 15 is 0 Å². The number of rotatable bonds is 9. The number of fused-ring (bicyclic) bond motifs is 3. The Balaban J connectivity index is 1.66. The number of benzene rings is 1. The molecule has 0 atom stereocenters. The molecular weight excluding hydrogens is 346 g/mol. The average molecular weight is 372 g/mol. The number of thioether (sulfide) groups is 1. The number of nitrogens with one attached hydrogen (secondary N) is 1. The molecule has 7 heteroatoms. The average Bonchev–Trinajstić information content (AvgIpc) is 2.99. The molecule has 138 valence electrons. The van der Waals surface area contributed by atoms with Crippen LogP contribution in [-0.4, -0.2) is 38.0 Å². The third-order valence-electron chi connectivity index (χ3n) is 4.36. The molecule has 1 amide bonds. The molecule has 0 unspecified atom stereocenters. The summed E-state index contributed by atoms with van der Waals surface area (Å²) >= 11 is 1.33. The van der Waals surface area contributed by atoms with Gasteiger partial charge in [0, 0.05) is 18.5 Å². The highest BCUT2D eigenvalue weighted by Gasteiger charge is 2.14. The first-order chi connectivity index (χ1) is 12.7. The molecule has 0 aliphatic carbocycles. The Bertz CT molecular complexity index is 892. The van der Waals surface area contributed by atoms with Gasteiger partial charge < -0.3 is 9.88 Å². The van der Waals surface area contributed by atoms with Crippen LogP contribution in [0.25, 0.3) is 22.1 Å². The van der Waals surface area contributed by atoms with Crippen LogP contribution >= 0.6 is 11.8 Å². The van der Waals surface area contributed by atoms with Crippen LogP contribution in [-0.2, 0) is 11.3 Å². The maximum Gasteiger partial charge on any atom is 0.230 e. The van der Waals surface area contributed by atoms with Gasteiger partial charge in [0.2, 0.25) is 11.1 Å². The number of carbonyl (C=O) groups excluding carboxylic acids is 1. The molecule has 2 aromatic heterocycles. The second-order valence-electron chi connectivity index (χ2n) is 6.23. The monoisotopic (exact) mass is 371 g/mol. The minimum Gasteiger partial charge on any atom is -0.355 e. The van der Waals surface area contributed by atoms with Crippen LogP contribution in [0.4, 0.5) is 0 Å². The zero-order valence-corrected chi connectivity index (χ0v) is 16.2. The number of amides is 1. The van der Waals surface area contributed by atoms with E-state index in [9.17, 15) is 4.79 Å². The number of hydrogen-bond acceptors (Lipinski definition) is 5. The first kappa shape index (κ1) is 18.6. The van der Waals surface area contributed by atoms with E-state index in [4.69, 9.17) is 0 Å². The molecule has 3 rings (SSSR count). The van der Waals surface area contributed by atoms with Crippen molar-refractivity contribution in [1.82, 2.24) is 25.1 Å². The van der Waals surface area contributed by atoms with E-state index in [-0.39, 0.29) is 5.91 Å². The summed E-state index contributed by atoms with van der Waals surface area (Å²) in [5, 5.41) is 13.1. The van der Waals surface area contributed by atoms with E-state index in [2.05, 4.69) is 45.0 Å². The van der Waals surface area contributed by atoms with Crippen molar-refractivity contribution in [3.63, 3.8) is 0 Å². The molecule has 0 bridgehead atoms. The minimum absolute atomic E-state index is 0.0197. The number of aryl methyl sites for hydroxylation is 1. The lowest BCUT2D eigenvalue weighted by molar-refractivity contribution is -0.118. The van der Waals surface area contributed by atoms with Gasteiger partial charge in [0.25, 0.3) is 0 Å². The minimum atomic E-state index is 0.0197. The van der Waals surface area contributed by atoms with Gasteiger partial charge in [-0.05, 0) is 19.4 Å². The fourth-order valence-electron chi connectivity index (χ4n) is 3.03. The number of aromatic nitrogens is 4. The topological polar surface area (TPSA) is 72.7 Å². The van der Waals surface area contributed by atoms with Gasteiger partial charge in [0.15, 0.2) is 5.65 Å². The zero-order chi connectivity index (χ0) is 18.4. The number of carbonyl (C=O) groups is 1. The Labute approximate surface area is 157 Å². The Kier molecular flexibility index (Phi) is 6.44. The smallest absolute Gasteiger partial charge is 0.230 e. The molecule has 6 nitrogen and oxygen atoms in total. The van der Waals surface area contributed by atoms with Crippen molar-refractivity contribution in [2.75, 3.05) is 12.3 Å². The zero-order valence-electron chi connectivity index (χ0n) is 15.4. The number of hydrogen-bond donors (Lipinski definition) is 1. The van der Waals surface area contributed by atoms with E-state index in [1.165, 1.54) is 24.6 Å². The highest BCUT2D eigenvalue weighted by Crippen LogP contribution is 2.26. The maximum absolute atomic E-state index is 12.0. The second-order valence-corrected chi connectivity index (χ2v) is 7.17. The van der Waals surface area contributed by atoms with Crippen LogP contribution in [0, 0.1) is 0 Å². The van der Waals surface area contributed by atoms with Crippen molar-refractivity contribution >= 4 is 39.7 Å². The summed E-state index contributed by atoms with van der Waals surface area (Å²) in [4.78, 5) is 16.6. The Morgan fingerprint density at radius 2 is 2.00 bits per heavy atom. The fourth-order valence-corrected chi connectivity index (χ4v) is 3.64. The van der Waals surface area contributed by atoms with Gasteiger partial charge in [-0.2, -0.15) is 0 Å². The highest BCUT2D eigenvalue weighted by atomic mass is 32.2. The predicted octanol–water partition coefficient (Wildman–Crippen LogP) is 3.79. The van der Waals surface area contributed by atoms with Gasteiger partial charge >= 0.3 is 0 Å². The van der Waals surface area contributed by atoms with Crippen molar-refractivity contribution in [3.8, 4) is 0 Å². The molecule has 26 heavy (non-hydrogen) atoms. The van der Waals surface area contributed by atoms with E-state index in [0.717, 1.165) is 48.0 Å². The second kappa shape index (κ2) is 8.98. The van der Waals surface area contributed by atoms with Crippen LogP contribution in [0.2, 0.25) is 0 Å². The number of para-hydroxylation sites is 1. The quantitative estimate of drug-likeness (QED) is 0.458. The maximum atomic E-state index is 12.0. The van der Waals surface area contributed by atoms with Gasteiger partial charge in [-0.3, -0.25) is 4.79 Å². The number of nitrogens with zero attached hydrogens (tertiary/aromatic N) is 4. The summed E-state index contributed by atoms with van der Waals surface area (Å²) < 4.78 is 2.14. The molecule has 0 aliphatic rings. The molecular formula is C19H25N5OS. The van der Waals surface area contributed by atoms with Gasteiger partial charge in [0.05, 0.1) is 11.3 Å². The lowest BCUT2D eigenvalue weighted by Gasteiger charge is -2.05. The highest BCUT2D eigenvalue weighted by molar-refractivity contribution is 7.99. The fraction of sp³-hybridized carbons (Fsp3) is 0.474. The van der Waals surface area contributed by atoms with Crippen molar-refractivity contribution in [1.29, 1.82) is 0 Å². The van der Waals surface area contributed by atoms with E-state index < -0.39 is 0 Å². The lowest BCUT2D eigenvalue weighted by atomic mass is 10.2. The SMILES string of the molecule is CCCCCCNC(=O)CSc1nnc2c3ccccc3n(CC)c2n1. The van der Waals surface area contributed by atoms with Crippen LogP contribution in [0.15, 0.2) is 29.4 Å². The van der Waals surface area contributed by atoms with Gasteiger partial charge in [-0.15, -0.1) is 10.2 Å². The van der Waals surface area contributed by atoms with Crippen LogP contribution in [0.1, 0.15) is 39.5 Å². The van der Waals surface area contributed by atoms with Crippen LogP contribution < -0.4 is 5.32 Å². The van der Waals surface area contributed by atoms with Crippen molar-refractivity contribution in [2.24, 2.45) is 0 Å². The standard InChI is InChI=1S/C19H25N5OS/c1-3-5-6-9-12-20-16(25)13-26-19-21-18-17(22-23-19)14-10-7-8-11-15(14)24(18)4-2/h7-8,10-11H,3-6,9,12-13H2,1-2H3,(H,20,25). The molecule has 0 saturated heterocycles. The molecule has 1 aromatic carbocycles. The van der Waals surface area contributed by atoms with E-state index in [1.54, 1.807) is 0 Å². The van der Waals surface area contributed by atoms with Crippen molar-refractivity contribution in [2.45, 2.75) is 51.2 Å². The first-order valence-electron chi connectivity index (χ1n) is 9.25. The molecule has 0 saturated carbocycles. The predicted molar refractivity (Wildman–Crippen MR) is 106 cm³/mol. The molecule has 0 radical (unpaired) electrons. The summed E-state index contributed by atoms with van der Waals surface area (Å²) in [6, 6.07) is 8.12. The molecule has 2 heterocycles. The molecule has 0 fully saturated rings. The summed E-state index contributed by atoms with van der Waals surface area (Å²) in [5.74, 6) is 0.332. The van der Waals surface area contributed by atoms with Crippen LogP contribution in [0.3, 0.4) is 0 Å². The van der Waals surface area contributed by atoms with Crippen LogP contribution in [0.5, 0.6) is 0 Å². The van der Waals surface area contributed by atoms with Crippen molar-refractivity contribution in [3.05, 3.63) is 24.3 Å². The summed E-state index contributed by atoms with van der Waals surface area (Å²) in [5.41, 5.74) is 2.75. The van der Waals surface area contributed by atoms with Gasteiger partial charge in [-0.25, -0.2) is 4.98 Å². The summed E-state index contributed by atoms with van der Waals surface area (Å²) in [6.07, 6.45) is 4.61. The first-order valence-corrected chi connectivity index (χ1v) is 10.2.